The summed E-state index contributed by atoms with van der Waals surface area (Å²) in [6, 6.07) is 4.23. The molecule has 114 valence electrons. The SMILES string of the molecule is CCC1CCNCC12CN=C(Nc1ccc(Cl)c(C)n1)O2. The van der Waals surface area contributed by atoms with Crippen molar-refractivity contribution in [2.45, 2.75) is 32.3 Å². The fraction of sp³-hybridized carbons (Fsp3) is 0.600. The van der Waals surface area contributed by atoms with Crippen LogP contribution in [0.1, 0.15) is 25.5 Å². The molecule has 2 aliphatic rings. The van der Waals surface area contributed by atoms with E-state index in [0.717, 1.165) is 31.6 Å². The monoisotopic (exact) mass is 308 g/mol. The first-order chi connectivity index (χ1) is 10.1. The third-order valence-electron chi connectivity index (χ3n) is 4.38. The third-order valence-corrected chi connectivity index (χ3v) is 4.78. The minimum absolute atomic E-state index is 0.198. The van der Waals surface area contributed by atoms with Gasteiger partial charge < -0.3 is 10.1 Å². The molecule has 0 saturated carbocycles. The van der Waals surface area contributed by atoms with Crippen molar-refractivity contribution in [3.63, 3.8) is 0 Å². The Hall–Kier alpha value is -1.33. The summed E-state index contributed by atoms with van der Waals surface area (Å²) in [4.78, 5) is 8.92. The van der Waals surface area contributed by atoms with Crippen LogP contribution in [0.5, 0.6) is 0 Å². The predicted molar refractivity (Wildman–Crippen MR) is 85.0 cm³/mol. The number of piperidine rings is 1. The molecule has 0 radical (unpaired) electrons. The van der Waals surface area contributed by atoms with E-state index in [1.54, 1.807) is 0 Å². The number of rotatable bonds is 2. The van der Waals surface area contributed by atoms with Crippen LogP contribution in [0, 0.1) is 12.8 Å². The lowest BCUT2D eigenvalue weighted by Gasteiger charge is -2.39. The molecule has 6 heteroatoms. The van der Waals surface area contributed by atoms with E-state index in [1.165, 1.54) is 0 Å². The van der Waals surface area contributed by atoms with Crippen molar-refractivity contribution in [1.29, 1.82) is 0 Å². The van der Waals surface area contributed by atoms with E-state index in [-0.39, 0.29) is 5.60 Å². The lowest BCUT2D eigenvalue weighted by Crippen LogP contribution is -2.54. The summed E-state index contributed by atoms with van der Waals surface area (Å²) < 4.78 is 6.17. The number of pyridine rings is 1. The molecule has 1 saturated heterocycles. The van der Waals surface area contributed by atoms with Gasteiger partial charge in [-0.3, -0.25) is 5.32 Å². The van der Waals surface area contributed by atoms with Crippen LogP contribution >= 0.6 is 11.6 Å². The summed E-state index contributed by atoms with van der Waals surface area (Å²) in [6.45, 7) is 6.71. The summed E-state index contributed by atoms with van der Waals surface area (Å²) in [6.07, 6.45) is 2.25. The number of aliphatic imine (C=N–C) groups is 1. The molecule has 5 nitrogen and oxygen atoms in total. The Morgan fingerprint density at radius 2 is 2.38 bits per heavy atom. The van der Waals surface area contributed by atoms with Gasteiger partial charge in [0.1, 0.15) is 11.4 Å². The number of nitrogens with one attached hydrogen (secondary N) is 2. The molecule has 2 unspecified atom stereocenters. The van der Waals surface area contributed by atoms with Crippen LogP contribution in [0.15, 0.2) is 17.1 Å². The maximum atomic E-state index is 6.17. The second-order valence-electron chi connectivity index (χ2n) is 5.75. The number of aromatic nitrogens is 1. The minimum Gasteiger partial charge on any atom is -0.455 e. The van der Waals surface area contributed by atoms with Crippen molar-refractivity contribution in [2.24, 2.45) is 10.9 Å². The Kier molecular flexibility index (Phi) is 4.04. The second-order valence-corrected chi connectivity index (χ2v) is 6.15. The molecule has 3 heterocycles. The second kappa shape index (κ2) is 5.81. The first-order valence-electron chi connectivity index (χ1n) is 7.47. The Morgan fingerprint density at radius 3 is 3.14 bits per heavy atom. The molecule has 1 fully saturated rings. The highest BCUT2D eigenvalue weighted by Crippen LogP contribution is 2.34. The number of aryl methyl sites for hydroxylation is 1. The third kappa shape index (κ3) is 2.85. The van der Waals surface area contributed by atoms with E-state index in [0.29, 0.717) is 29.3 Å². The molecule has 1 aromatic heterocycles. The van der Waals surface area contributed by atoms with Gasteiger partial charge >= 0.3 is 0 Å². The zero-order valence-corrected chi connectivity index (χ0v) is 13.2. The maximum absolute atomic E-state index is 6.17. The van der Waals surface area contributed by atoms with E-state index in [1.807, 2.05) is 19.1 Å². The van der Waals surface area contributed by atoms with Crippen LogP contribution in [0.25, 0.3) is 0 Å². The zero-order valence-electron chi connectivity index (χ0n) is 12.4. The van der Waals surface area contributed by atoms with Gasteiger partial charge in [0.2, 0.25) is 0 Å². The minimum atomic E-state index is -0.198. The molecule has 21 heavy (non-hydrogen) atoms. The summed E-state index contributed by atoms with van der Waals surface area (Å²) in [7, 11) is 0. The highest BCUT2D eigenvalue weighted by molar-refractivity contribution is 6.31. The summed E-state index contributed by atoms with van der Waals surface area (Å²) in [5, 5.41) is 7.24. The van der Waals surface area contributed by atoms with Gasteiger partial charge in [-0.1, -0.05) is 18.5 Å². The average molecular weight is 309 g/mol. The lowest BCUT2D eigenvalue weighted by molar-refractivity contribution is 0.000835. The van der Waals surface area contributed by atoms with Crippen LogP contribution in [0.3, 0.4) is 0 Å². The van der Waals surface area contributed by atoms with E-state index < -0.39 is 0 Å². The molecule has 0 amide bonds. The van der Waals surface area contributed by atoms with Gasteiger partial charge in [0, 0.05) is 12.5 Å². The highest BCUT2D eigenvalue weighted by Gasteiger charge is 2.46. The lowest BCUT2D eigenvalue weighted by atomic mass is 9.80. The Morgan fingerprint density at radius 1 is 1.52 bits per heavy atom. The quantitative estimate of drug-likeness (QED) is 0.882. The molecular formula is C15H21ClN4O. The molecule has 2 atom stereocenters. The van der Waals surface area contributed by atoms with Crippen LogP contribution in [0.2, 0.25) is 5.02 Å². The molecule has 2 N–H and O–H groups in total. The molecule has 0 aromatic carbocycles. The van der Waals surface area contributed by atoms with Gasteiger partial charge in [-0.2, -0.15) is 0 Å². The number of halogens is 1. The largest absolute Gasteiger partial charge is 0.455 e. The summed E-state index contributed by atoms with van der Waals surface area (Å²) >= 11 is 5.99. The van der Waals surface area contributed by atoms with Crippen molar-refractivity contribution >= 4 is 23.4 Å². The van der Waals surface area contributed by atoms with Gasteiger partial charge in [-0.05, 0) is 38.4 Å². The van der Waals surface area contributed by atoms with E-state index in [2.05, 4.69) is 27.5 Å². The predicted octanol–water partition coefficient (Wildman–Crippen LogP) is 2.60. The van der Waals surface area contributed by atoms with E-state index in [4.69, 9.17) is 16.3 Å². The van der Waals surface area contributed by atoms with Gasteiger partial charge in [-0.15, -0.1) is 0 Å². The number of hydrogen-bond acceptors (Lipinski definition) is 5. The summed E-state index contributed by atoms with van der Waals surface area (Å²) in [5.74, 6) is 1.26. The zero-order chi connectivity index (χ0) is 14.9. The van der Waals surface area contributed by atoms with Crippen LogP contribution in [0.4, 0.5) is 5.82 Å². The van der Waals surface area contributed by atoms with E-state index >= 15 is 0 Å². The first-order valence-corrected chi connectivity index (χ1v) is 7.85. The molecule has 1 spiro atoms. The van der Waals surface area contributed by atoms with E-state index in [9.17, 15) is 0 Å². The smallest absolute Gasteiger partial charge is 0.291 e. The average Bonchev–Trinajstić information content (AvgIpc) is 2.87. The molecule has 2 aliphatic heterocycles. The van der Waals surface area contributed by atoms with Crippen LogP contribution < -0.4 is 10.6 Å². The Balaban J connectivity index is 1.70. The Labute approximate surface area is 130 Å². The van der Waals surface area contributed by atoms with Crippen molar-refractivity contribution in [1.82, 2.24) is 10.3 Å². The standard InChI is InChI=1S/C15H21ClN4O/c1-3-11-6-7-17-8-15(11)9-18-14(21-15)20-13-5-4-12(16)10(2)19-13/h4-5,11,17H,3,6-9H2,1-2H3,(H,18,19,20). The van der Waals surface area contributed by atoms with Crippen LogP contribution in [-0.2, 0) is 4.74 Å². The normalized spacial score (nSPS) is 28.3. The van der Waals surface area contributed by atoms with Gasteiger partial charge in [-0.25, -0.2) is 9.98 Å². The number of hydrogen-bond donors (Lipinski definition) is 2. The number of ether oxygens (including phenoxy) is 1. The highest BCUT2D eigenvalue weighted by atomic mass is 35.5. The summed E-state index contributed by atoms with van der Waals surface area (Å²) in [5.41, 5.74) is 0.595. The fourth-order valence-corrected chi connectivity index (χ4v) is 3.22. The van der Waals surface area contributed by atoms with Crippen molar-refractivity contribution in [2.75, 3.05) is 25.0 Å². The molecule has 3 rings (SSSR count). The molecule has 1 aromatic rings. The molecular weight excluding hydrogens is 288 g/mol. The maximum Gasteiger partial charge on any atom is 0.291 e. The van der Waals surface area contributed by atoms with Crippen molar-refractivity contribution in [3.05, 3.63) is 22.8 Å². The number of nitrogens with zero attached hydrogens (tertiary/aromatic N) is 2. The van der Waals surface area contributed by atoms with Crippen molar-refractivity contribution in [3.8, 4) is 0 Å². The topological polar surface area (TPSA) is 58.5 Å². The van der Waals surface area contributed by atoms with Crippen LogP contribution in [-0.4, -0.2) is 36.2 Å². The van der Waals surface area contributed by atoms with Gasteiger partial charge in [0.05, 0.1) is 17.3 Å². The van der Waals surface area contributed by atoms with Crippen molar-refractivity contribution < 1.29 is 4.74 Å². The molecule has 0 aliphatic carbocycles. The van der Waals surface area contributed by atoms with Gasteiger partial charge in [0.15, 0.2) is 0 Å². The first kappa shape index (κ1) is 14.6. The van der Waals surface area contributed by atoms with Gasteiger partial charge in [0.25, 0.3) is 6.02 Å². The Bertz CT molecular complexity index is 563. The number of amidine groups is 1. The molecule has 0 bridgehead atoms. The number of anilines is 1. The fourth-order valence-electron chi connectivity index (χ4n) is 3.12.